The van der Waals surface area contributed by atoms with Gasteiger partial charge in [0.25, 0.3) is 5.69 Å². The Balaban J connectivity index is 1.55. The maximum atomic E-state index is 11.1. The Kier molecular flexibility index (Phi) is 4.05. The van der Waals surface area contributed by atoms with E-state index in [4.69, 9.17) is 9.47 Å². The standard InChI is InChI=1S/C17H23N3O4/c1-12-8-14(20(21)22)9-16-17(12)19-5-4-18(10-15(19)11-24-16)13-2-6-23-7-3-13/h8-9,13,15H,2-7,10-11H2,1H3/t15-/m1/s1. The van der Waals surface area contributed by atoms with Gasteiger partial charge in [-0.3, -0.25) is 15.0 Å². The SMILES string of the molecule is Cc1cc([N+](=O)[O-])cc2c1N1CCN(C3CCOCC3)C[C@@H]1CO2. The smallest absolute Gasteiger partial charge is 0.273 e. The number of hydrogen-bond acceptors (Lipinski definition) is 6. The molecule has 3 heterocycles. The highest BCUT2D eigenvalue weighted by molar-refractivity contribution is 5.69. The molecule has 24 heavy (non-hydrogen) atoms. The maximum Gasteiger partial charge on any atom is 0.273 e. The fourth-order valence-electron chi connectivity index (χ4n) is 4.20. The predicted molar refractivity (Wildman–Crippen MR) is 89.9 cm³/mol. The van der Waals surface area contributed by atoms with Crippen LogP contribution < -0.4 is 9.64 Å². The van der Waals surface area contributed by atoms with Crippen LogP contribution in [0.4, 0.5) is 11.4 Å². The van der Waals surface area contributed by atoms with Gasteiger partial charge in [0.2, 0.25) is 0 Å². The second-order valence-electron chi connectivity index (χ2n) is 6.86. The first-order valence-electron chi connectivity index (χ1n) is 8.64. The number of nitro benzene ring substituents is 1. The lowest BCUT2D eigenvalue weighted by Gasteiger charge is -2.48. The molecule has 0 amide bonds. The third-order valence-electron chi connectivity index (χ3n) is 5.40. The number of nitrogens with zero attached hydrogens (tertiary/aromatic N) is 3. The summed E-state index contributed by atoms with van der Waals surface area (Å²) in [4.78, 5) is 15.7. The van der Waals surface area contributed by atoms with E-state index in [2.05, 4.69) is 9.80 Å². The molecule has 0 radical (unpaired) electrons. The Bertz CT molecular complexity index is 645. The van der Waals surface area contributed by atoms with Crippen LogP contribution in [-0.4, -0.2) is 61.4 Å². The normalized spacial score (nSPS) is 24.9. The first-order chi connectivity index (χ1) is 11.6. The molecule has 2 fully saturated rings. The lowest BCUT2D eigenvalue weighted by molar-refractivity contribution is -0.385. The summed E-state index contributed by atoms with van der Waals surface area (Å²) in [5.74, 6) is 0.650. The molecule has 1 atom stereocenters. The fraction of sp³-hybridized carbons (Fsp3) is 0.647. The van der Waals surface area contributed by atoms with Gasteiger partial charge in [-0.05, 0) is 25.3 Å². The minimum atomic E-state index is -0.355. The largest absolute Gasteiger partial charge is 0.489 e. The van der Waals surface area contributed by atoms with Gasteiger partial charge in [-0.2, -0.15) is 0 Å². The van der Waals surface area contributed by atoms with Crippen molar-refractivity contribution in [3.63, 3.8) is 0 Å². The molecule has 3 aliphatic heterocycles. The zero-order valence-corrected chi connectivity index (χ0v) is 13.9. The lowest BCUT2D eigenvalue weighted by Crippen LogP contribution is -2.60. The molecule has 4 rings (SSSR count). The average Bonchev–Trinajstić information content (AvgIpc) is 2.61. The fourth-order valence-corrected chi connectivity index (χ4v) is 4.20. The number of ether oxygens (including phenoxy) is 2. The number of non-ortho nitro benzene ring substituents is 1. The predicted octanol–water partition coefficient (Wildman–Crippen LogP) is 1.97. The number of nitro groups is 1. The highest BCUT2D eigenvalue weighted by Gasteiger charge is 2.37. The third kappa shape index (κ3) is 2.71. The zero-order chi connectivity index (χ0) is 16.7. The van der Waals surface area contributed by atoms with Crippen molar-refractivity contribution < 1.29 is 14.4 Å². The van der Waals surface area contributed by atoms with E-state index in [0.29, 0.717) is 24.4 Å². The number of rotatable bonds is 2. The third-order valence-corrected chi connectivity index (χ3v) is 5.40. The highest BCUT2D eigenvalue weighted by atomic mass is 16.6. The van der Waals surface area contributed by atoms with Crippen LogP contribution in [0.5, 0.6) is 5.75 Å². The Morgan fingerprint density at radius 1 is 1.21 bits per heavy atom. The van der Waals surface area contributed by atoms with E-state index in [-0.39, 0.29) is 10.6 Å². The van der Waals surface area contributed by atoms with Gasteiger partial charge >= 0.3 is 0 Å². The summed E-state index contributed by atoms with van der Waals surface area (Å²) in [5, 5.41) is 11.1. The molecule has 0 aliphatic carbocycles. The Hall–Kier alpha value is -1.86. The first kappa shape index (κ1) is 15.7. The molecule has 0 saturated carbocycles. The van der Waals surface area contributed by atoms with Crippen molar-refractivity contribution >= 4 is 11.4 Å². The number of piperazine rings is 1. The molecule has 7 nitrogen and oxygen atoms in total. The van der Waals surface area contributed by atoms with E-state index in [1.807, 2.05) is 6.92 Å². The molecular weight excluding hydrogens is 310 g/mol. The summed E-state index contributed by atoms with van der Waals surface area (Å²) >= 11 is 0. The van der Waals surface area contributed by atoms with Crippen molar-refractivity contribution in [3.05, 3.63) is 27.8 Å². The van der Waals surface area contributed by atoms with Gasteiger partial charge in [0.15, 0.2) is 0 Å². The molecule has 0 N–H and O–H groups in total. The van der Waals surface area contributed by atoms with Crippen molar-refractivity contribution in [2.24, 2.45) is 0 Å². The monoisotopic (exact) mass is 333 g/mol. The van der Waals surface area contributed by atoms with Crippen molar-refractivity contribution in [2.75, 3.05) is 44.4 Å². The lowest BCUT2D eigenvalue weighted by atomic mass is 10.0. The maximum absolute atomic E-state index is 11.1. The summed E-state index contributed by atoms with van der Waals surface area (Å²) in [6.45, 7) is 7.19. The Morgan fingerprint density at radius 3 is 2.75 bits per heavy atom. The van der Waals surface area contributed by atoms with Gasteiger partial charge in [0, 0.05) is 45.0 Å². The molecule has 1 aromatic rings. The number of hydrogen-bond donors (Lipinski definition) is 0. The van der Waals surface area contributed by atoms with Crippen molar-refractivity contribution in [3.8, 4) is 5.75 Å². The van der Waals surface area contributed by atoms with E-state index in [1.165, 1.54) is 0 Å². The second-order valence-corrected chi connectivity index (χ2v) is 6.86. The quantitative estimate of drug-likeness (QED) is 0.609. The summed E-state index contributed by atoms with van der Waals surface area (Å²) < 4.78 is 11.4. The first-order valence-corrected chi connectivity index (χ1v) is 8.64. The molecule has 0 spiro atoms. The average molecular weight is 333 g/mol. The van der Waals surface area contributed by atoms with Crippen molar-refractivity contribution in [2.45, 2.75) is 31.8 Å². The van der Waals surface area contributed by atoms with E-state index < -0.39 is 0 Å². The van der Waals surface area contributed by atoms with Crippen LogP contribution in [0.15, 0.2) is 12.1 Å². The number of anilines is 1. The van der Waals surface area contributed by atoms with Crippen LogP contribution in [0.3, 0.4) is 0 Å². The van der Waals surface area contributed by atoms with Crippen LogP contribution in [0, 0.1) is 17.0 Å². The molecular formula is C17H23N3O4. The van der Waals surface area contributed by atoms with Crippen LogP contribution in [0.25, 0.3) is 0 Å². The van der Waals surface area contributed by atoms with Crippen LogP contribution >= 0.6 is 0 Å². The molecule has 1 aromatic carbocycles. The van der Waals surface area contributed by atoms with Gasteiger partial charge < -0.3 is 14.4 Å². The number of benzene rings is 1. The van der Waals surface area contributed by atoms with E-state index in [9.17, 15) is 10.1 Å². The van der Waals surface area contributed by atoms with Crippen molar-refractivity contribution in [1.29, 1.82) is 0 Å². The van der Waals surface area contributed by atoms with Crippen molar-refractivity contribution in [1.82, 2.24) is 4.90 Å². The zero-order valence-electron chi connectivity index (χ0n) is 13.9. The van der Waals surface area contributed by atoms with Gasteiger partial charge in [0.05, 0.1) is 22.7 Å². The number of aryl methyl sites for hydroxylation is 1. The van der Waals surface area contributed by atoms with E-state index >= 15 is 0 Å². The molecule has 0 bridgehead atoms. The highest BCUT2D eigenvalue weighted by Crippen LogP contribution is 2.41. The minimum absolute atomic E-state index is 0.102. The summed E-state index contributed by atoms with van der Waals surface area (Å²) in [6.07, 6.45) is 2.21. The van der Waals surface area contributed by atoms with Crippen LogP contribution in [0.1, 0.15) is 18.4 Å². The number of fused-ring (bicyclic) bond motifs is 3. The molecule has 2 saturated heterocycles. The molecule has 0 aromatic heterocycles. The van der Waals surface area contributed by atoms with E-state index in [0.717, 1.165) is 56.9 Å². The second kappa shape index (κ2) is 6.22. The van der Waals surface area contributed by atoms with E-state index in [1.54, 1.807) is 12.1 Å². The summed E-state index contributed by atoms with van der Waals surface area (Å²) in [6, 6.07) is 4.13. The molecule has 3 aliphatic rings. The molecule has 130 valence electrons. The summed E-state index contributed by atoms with van der Waals surface area (Å²) in [7, 11) is 0. The topological polar surface area (TPSA) is 68.1 Å². The minimum Gasteiger partial charge on any atom is -0.489 e. The van der Waals surface area contributed by atoms with Gasteiger partial charge in [-0.25, -0.2) is 0 Å². The molecule has 7 heteroatoms. The summed E-state index contributed by atoms with van der Waals surface area (Å²) in [5.41, 5.74) is 2.05. The van der Waals surface area contributed by atoms with Gasteiger partial charge in [0.1, 0.15) is 12.4 Å². The Morgan fingerprint density at radius 2 is 2.00 bits per heavy atom. The van der Waals surface area contributed by atoms with Gasteiger partial charge in [-0.15, -0.1) is 0 Å². The van der Waals surface area contributed by atoms with Crippen LogP contribution in [0.2, 0.25) is 0 Å². The van der Waals surface area contributed by atoms with Crippen LogP contribution in [-0.2, 0) is 4.74 Å². The molecule has 0 unspecified atom stereocenters. The van der Waals surface area contributed by atoms with Gasteiger partial charge in [-0.1, -0.05) is 0 Å². The Labute approximate surface area is 141 Å².